The Morgan fingerprint density at radius 3 is 2.82 bits per heavy atom. The van der Waals surface area contributed by atoms with Crippen LogP contribution in [0.2, 0.25) is 0 Å². The van der Waals surface area contributed by atoms with Crippen LogP contribution >= 0.6 is 0 Å². The van der Waals surface area contributed by atoms with Gasteiger partial charge in [-0.3, -0.25) is 0 Å². The van der Waals surface area contributed by atoms with Crippen LogP contribution in [-0.4, -0.2) is 23.8 Å². The van der Waals surface area contributed by atoms with Crippen LogP contribution in [0.4, 0.5) is 0 Å². The molecule has 2 aliphatic rings. The first kappa shape index (κ1) is 7.56. The smallest absolute Gasteiger partial charge is 0.0649 e. The molecule has 3 atom stereocenters. The molecule has 1 aliphatic heterocycles. The average molecular weight is 155 g/mol. The van der Waals surface area contributed by atoms with E-state index in [0.29, 0.717) is 12.0 Å². The Morgan fingerprint density at radius 1 is 1.45 bits per heavy atom. The minimum absolute atomic E-state index is 0.0692. The predicted molar refractivity (Wildman–Crippen MR) is 44.3 cm³/mol. The minimum Gasteiger partial charge on any atom is -0.392 e. The van der Waals surface area contributed by atoms with Crippen molar-refractivity contribution in [2.75, 3.05) is 6.54 Å². The molecule has 0 aromatic rings. The van der Waals surface area contributed by atoms with Crippen molar-refractivity contribution in [3.63, 3.8) is 0 Å². The topological polar surface area (TPSA) is 32.3 Å². The SMILES string of the molecule is CC1(C)[C@@H]2NCCC[C@@H]2[C@@H]1O. The first-order valence-electron chi connectivity index (χ1n) is 4.55. The highest BCUT2D eigenvalue weighted by Crippen LogP contribution is 2.48. The average Bonchev–Trinajstić information content (AvgIpc) is 2.04. The number of aliphatic hydroxyl groups excluding tert-OH is 1. The number of piperidine rings is 1. The second-order valence-corrected chi connectivity index (χ2v) is 4.50. The van der Waals surface area contributed by atoms with Crippen molar-refractivity contribution in [3.8, 4) is 0 Å². The molecule has 2 heteroatoms. The Bertz CT molecular complexity index is 167. The van der Waals surface area contributed by atoms with Gasteiger partial charge in [0.1, 0.15) is 0 Å². The highest BCUT2D eigenvalue weighted by Gasteiger charge is 2.55. The summed E-state index contributed by atoms with van der Waals surface area (Å²) in [4.78, 5) is 0. The summed E-state index contributed by atoms with van der Waals surface area (Å²) in [6, 6.07) is 0.575. The van der Waals surface area contributed by atoms with Gasteiger partial charge in [-0.25, -0.2) is 0 Å². The summed E-state index contributed by atoms with van der Waals surface area (Å²) in [7, 11) is 0. The lowest BCUT2D eigenvalue weighted by Gasteiger charge is -2.58. The van der Waals surface area contributed by atoms with Gasteiger partial charge < -0.3 is 10.4 Å². The zero-order chi connectivity index (χ0) is 8.06. The van der Waals surface area contributed by atoms with Crippen LogP contribution in [0.3, 0.4) is 0 Å². The van der Waals surface area contributed by atoms with Gasteiger partial charge in [0.15, 0.2) is 0 Å². The highest BCUT2D eigenvalue weighted by atomic mass is 16.3. The van der Waals surface area contributed by atoms with E-state index in [1.54, 1.807) is 0 Å². The van der Waals surface area contributed by atoms with Crippen molar-refractivity contribution in [2.24, 2.45) is 11.3 Å². The van der Waals surface area contributed by atoms with Crippen molar-refractivity contribution in [1.29, 1.82) is 0 Å². The number of hydrogen-bond acceptors (Lipinski definition) is 2. The molecule has 2 N–H and O–H groups in total. The van der Waals surface area contributed by atoms with Crippen molar-refractivity contribution in [1.82, 2.24) is 5.32 Å². The molecule has 1 saturated carbocycles. The van der Waals surface area contributed by atoms with Gasteiger partial charge in [-0.15, -0.1) is 0 Å². The van der Waals surface area contributed by atoms with Crippen LogP contribution in [0, 0.1) is 11.3 Å². The molecule has 0 bridgehead atoms. The molecule has 0 spiro atoms. The predicted octanol–water partition coefficient (Wildman–Crippen LogP) is 0.755. The van der Waals surface area contributed by atoms with E-state index >= 15 is 0 Å². The first-order chi connectivity index (χ1) is 5.14. The van der Waals surface area contributed by atoms with Crippen LogP contribution in [0.15, 0.2) is 0 Å². The summed E-state index contributed by atoms with van der Waals surface area (Å²) in [5, 5.41) is 13.2. The molecule has 2 nitrogen and oxygen atoms in total. The summed E-state index contributed by atoms with van der Waals surface area (Å²) >= 11 is 0. The summed E-state index contributed by atoms with van der Waals surface area (Å²) in [5.41, 5.74) is 0.116. The molecular weight excluding hydrogens is 138 g/mol. The maximum absolute atomic E-state index is 9.73. The van der Waals surface area contributed by atoms with Crippen LogP contribution < -0.4 is 5.32 Å². The van der Waals surface area contributed by atoms with Gasteiger partial charge in [0.25, 0.3) is 0 Å². The zero-order valence-corrected chi connectivity index (χ0v) is 7.30. The second kappa shape index (κ2) is 2.20. The molecule has 1 aliphatic carbocycles. The van der Waals surface area contributed by atoms with E-state index in [1.165, 1.54) is 12.8 Å². The number of rotatable bonds is 0. The van der Waals surface area contributed by atoms with Crippen LogP contribution in [-0.2, 0) is 0 Å². The first-order valence-corrected chi connectivity index (χ1v) is 4.55. The van der Waals surface area contributed by atoms with Crippen molar-refractivity contribution in [2.45, 2.75) is 38.8 Å². The maximum Gasteiger partial charge on any atom is 0.0649 e. The Hall–Kier alpha value is -0.0800. The molecule has 2 fully saturated rings. The van der Waals surface area contributed by atoms with E-state index in [2.05, 4.69) is 19.2 Å². The van der Waals surface area contributed by atoms with Crippen molar-refractivity contribution >= 4 is 0 Å². The molecule has 0 aromatic heterocycles. The number of fused-ring (bicyclic) bond motifs is 1. The van der Waals surface area contributed by atoms with Crippen LogP contribution in [0.1, 0.15) is 26.7 Å². The van der Waals surface area contributed by atoms with E-state index in [-0.39, 0.29) is 11.5 Å². The normalized spacial score (nSPS) is 47.7. The van der Waals surface area contributed by atoms with Gasteiger partial charge >= 0.3 is 0 Å². The summed E-state index contributed by atoms with van der Waals surface area (Å²) < 4.78 is 0. The summed E-state index contributed by atoms with van der Waals surface area (Å²) in [6.45, 7) is 5.44. The van der Waals surface area contributed by atoms with E-state index < -0.39 is 0 Å². The van der Waals surface area contributed by atoms with E-state index in [1.807, 2.05) is 0 Å². The molecule has 2 rings (SSSR count). The fourth-order valence-corrected chi connectivity index (χ4v) is 2.69. The number of hydrogen-bond donors (Lipinski definition) is 2. The molecular formula is C9H17NO. The Balaban J connectivity index is 2.09. The Kier molecular flexibility index (Phi) is 1.52. The maximum atomic E-state index is 9.73. The lowest BCUT2D eigenvalue weighted by molar-refractivity contribution is -0.144. The summed E-state index contributed by atoms with van der Waals surface area (Å²) in [5.74, 6) is 0.541. The fourth-order valence-electron chi connectivity index (χ4n) is 2.69. The molecule has 0 radical (unpaired) electrons. The summed E-state index contributed by atoms with van der Waals surface area (Å²) in [6.07, 6.45) is 2.37. The second-order valence-electron chi connectivity index (χ2n) is 4.50. The third kappa shape index (κ3) is 0.859. The van der Waals surface area contributed by atoms with E-state index in [4.69, 9.17) is 0 Å². The van der Waals surface area contributed by atoms with Gasteiger partial charge in [-0.1, -0.05) is 13.8 Å². The Labute approximate surface area is 68.0 Å². The zero-order valence-electron chi connectivity index (χ0n) is 7.30. The highest BCUT2D eigenvalue weighted by molar-refractivity contribution is 5.09. The number of nitrogens with one attached hydrogen (secondary N) is 1. The van der Waals surface area contributed by atoms with Crippen LogP contribution in [0.5, 0.6) is 0 Å². The molecule has 11 heavy (non-hydrogen) atoms. The minimum atomic E-state index is -0.0692. The third-order valence-corrected chi connectivity index (χ3v) is 3.48. The molecule has 0 amide bonds. The number of aliphatic hydroxyl groups is 1. The fraction of sp³-hybridized carbons (Fsp3) is 1.00. The molecule has 64 valence electrons. The standard InChI is InChI=1S/C9H17NO/c1-9(2)7-6(8(9)11)4-3-5-10-7/h6-8,10-11H,3-5H2,1-2H3/t6-,7+,8-/m0/s1. The quantitative estimate of drug-likeness (QED) is 0.541. The largest absolute Gasteiger partial charge is 0.392 e. The van der Waals surface area contributed by atoms with Gasteiger partial charge in [0.05, 0.1) is 6.10 Å². The monoisotopic (exact) mass is 155 g/mol. The van der Waals surface area contributed by atoms with Crippen molar-refractivity contribution in [3.05, 3.63) is 0 Å². The Morgan fingerprint density at radius 2 is 2.18 bits per heavy atom. The van der Waals surface area contributed by atoms with Gasteiger partial charge in [0, 0.05) is 17.4 Å². The van der Waals surface area contributed by atoms with Gasteiger partial charge in [-0.05, 0) is 19.4 Å². The van der Waals surface area contributed by atoms with E-state index in [0.717, 1.165) is 6.54 Å². The lowest BCUT2D eigenvalue weighted by atomic mass is 9.55. The van der Waals surface area contributed by atoms with Crippen LogP contribution in [0.25, 0.3) is 0 Å². The molecule has 1 saturated heterocycles. The van der Waals surface area contributed by atoms with Gasteiger partial charge in [0.2, 0.25) is 0 Å². The lowest BCUT2D eigenvalue weighted by Crippen LogP contribution is -2.69. The molecule has 1 heterocycles. The van der Waals surface area contributed by atoms with E-state index in [9.17, 15) is 5.11 Å². The third-order valence-electron chi connectivity index (χ3n) is 3.48. The molecule has 0 unspecified atom stereocenters. The van der Waals surface area contributed by atoms with Gasteiger partial charge in [-0.2, -0.15) is 0 Å². The molecule has 0 aromatic carbocycles. The van der Waals surface area contributed by atoms with Crippen molar-refractivity contribution < 1.29 is 5.11 Å².